The molecule has 2 aliphatic rings. The highest BCUT2D eigenvalue weighted by Crippen LogP contribution is 2.44. The van der Waals surface area contributed by atoms with Gasteiger partial charge < -0.3 is 20.5 Å². The Kier molecular flexibility index (Phi) is 10.4. The standard InChI is InChI=1S/C34H32F8N2O3/c35-24-9-19(10-25(36)16-24)11-29-30(45)18-43-28-17-31(47-8-4-2-1-3-5-32(46)44-29)26-7-6-20(14-27(26)28)21-12-22(33(37,38)39)15-23(13-21)34(40,41)42/h2,4,6-7,9-10,12-16,28-31,43,45H,1,3,5,8,11,17-18H2,(H,44,46)/t28-,29-,30+,31+/m0/s1. The minimum absolute atomic E-state index is 0.0739. The number of allylic oxidation sites excluding steroid dienone is 1. The number of rotatable bonds is 3. The lowest BCUT2D eigenvalue weighted by Gasteiger charge is -2.26. The molecule has 0 fully saturated rings. The van der Waals surface area contributed by atoms with Crippen molar-refractivity contribution in [1.82, 2.24) is 10.6 Å². The smallest absolute Gasteiger partial charge is 0.390 e. The average Bonchev–Trinajstić information content (AvgIpc) is 3.33. The molecule has 5 nitrogen and oxygen atoms in total. The van der Waals surface area contributed by atoms with Gasteiger partial charge in [-0.25, -0.2) is 8.78 Å². The van der Waals surface area contributed by atoms with E-state index >= 15 is 0 Å². The maximum Gasteiger partial charge on any atom is 0.416 e. The number of carbonyl (C=O) groups is 1. The molecule has 1 amide bonds. The molecule has 252 valence electrons. The lowest BCUT2D eigenvalue weighted by molar-refractivity contribution is -0.143. The van der Waals surface area contributed by atoms with Crippen molar-refractivity contribution in [2.24, 2.45) is 0 Å². The molecular formula is C34H32F8N2O3. The van der Waals surface area contributed by atoms with Crippen molar-refractivity contribution in [2.75, 3.05) is 13.2 Å². The molecule has 0 saturated heterocycles. The third kappa shape index (κ3) is 8.76. The van der Waals surface area contributed by atoms with E-state index in [0.29, 0.717) is 48.6 Å². The molecule has 2 bridgehead atoms. The molecule has 1 aliphatic carbocycles. The number of aliphatic hydroxyl groups excluding tert-OH is 1. The van der Waals surface area contributed by atoms with Crippen molar-refractivity contribution in [2.45, 2.75) is 68.7 Å². The van der Waals surface area contributed by atoms with Crippen LogP contribution in [-0.4, -0.2) is 36.3 Å². The summed E-state index contributed by atoms with van der Waals surface area (Å²) in [6.45, 7) is 0.105. The Morgan fingerprint density at radius 3 is 2.17 bits per heavy atom. The van der Waals surface area contributed by atoms with E-state index in [4.69, 9.17) is 4.74 Å². The van der Waals surface area contributed by atoms with Gasteiger partial charge in [-0.1, -0.05) is 24.3 Å². The number of nitrogens with one attached hydrogen (secondary N) is 2. The normalized spacial score (nSPS) is 23.0. The van der Waals surface area contributed by atoms with Crippen LogP contribution in [0, 0.1) is 11.6 Å². The van der Waals surface area contributed by atoms with E-state index in [2.05, 4.69) is 10.6 Å². The van der Waals surface area contributed by atoms with Crippen LogP contribution in [0.1, 0.15) is 65.6 Å². The zero-order chi connectivity index (χ0) is 33.9. The van der Waals surface area contributed by atoms with E-state index in [9.17, 15) is 45.0 Å². The molecule has 3 aromatic carbocycles. The minimum Gasteiger partial charge on any atom is -0.390 e. The molecule has 5 rings (SSSR count). The summed E-state index contributed by atoms with van der Waals surface area (Å²) in [5, 5.41) is 17.2. The first-order chi connectivity index (χ1) is 22.2. The van der Waals surface area contributed by atoms with E-state index in [0.717, 1.165) is 12.1 Å². The van der Waals surface area contributed by atoms with Crippen LogP contribution in [0.2, 0.25) is 0 Å². The van der Waals surface area contributed by atoms with Gasteiger partial charge in [0.25, 0.3) is 0 Å². The van der Waals surface area contributed by atoms with Crippen LogP contribution in [0.25, 0.3) is 11.1 Å². The van der Waals surface area contributed by atoms with E-state index < -0.39 is 59.4 Å². The lowest BCUT2D eigenvalue weighted by atomic mass is 9.95. The number of β-amino-alcohol motifs (C(OH)–C–C–N with tert-alkyl or cyclic N) is 1. The number of carbonyl (C=O) groups excluding carboxylic acids is 1. The third-order valence-corrected chi connectivity index (χ3v) is 8.28. The molecule has 4 atom stereocenters. The number of amides is 1. The predicted octanol–water partition coefficient (Wildman–Crippen LogP) is 7.59. The predicted molar refractivity (Wildman–Crippen MR) is 157 cm³/mol. The van der Waals surface area contributed by atoms with E-state index in [-0.39, 0.29) is 54.7 Å². The summed E-state index contributed by atoms with van der Waals surface area (Å²) in [5.74, 6) is -1.99. The molecule has 1 heterocycles. The van der Waals surface area contributed by atoms with Gasteiger partial charge in [-0.2, -0.15) is 26.3 Å². The SMILES string of the molecule is O=C1CCCC=CCO[C@@H]2C[C@H](NC[C@@H](O)[C@H](Cc3cc(F)cc(F)c3)N1)c1cc(-c3cc(C(F)(F)F)cc(C(F)(F)F)c3)ccc12. The first kappa shape index (κ1) is 34.5. The van der Waals surface area contributed by atoms with Gasteiger partial charge in [0.15, 0.2) is 0 Å². The second-order valence-corrected chi connectivity index (χ2v) is 11.7. The molecule has 1 aliphatic heterocycles. The van der Waals surface area contributed by atoms with E-state index in [1.54, 1.807) is 12.1 Å². The van der Waals surface area contributed by atoms with Gasteiger partial charge in [0.05, 0.1) is 36.0 Å². The first-order valence-electron chi connectivity index (χ1n) is 15.0. The van der Waals surface area contributed by atoms with Crippen LogP contribution in [-0.2, 0) is 28.3 Å². The Morgan fingerprint density at radius 2 is 1.51 bits per heavy atom. The Balaban J connectivity index is 1.47. The fourth-order valence-corrected chi connectivity index (χ4v) is 5.98. The Bertz CT molecular complexity index is 1570. The van der Waals surface area contributed by atoms with Crippen LogP contribution in [0.5, 0.6) is 0 Å². The molecule has 3 aromatic rings. The van der Waals surface area contributed by atoms with Gasteiger partial charge in [0, 0.05) is 25.1 Å². The zero-order valence-corrected chi connectivity index (χ0v) is 24.9. The van der Waals surface area contributed by atoms with Gasteiger partial charge in [-0.15, -0.1) is 0 Å². The molecule has 0 aromatic heterocycles. The van der Waals surface area contributed by atoms with Crippen LogP contribution >= 0.6 is 0 Å². The highest BCUT2D eigenvalue weighted by Gasteiger charge is 2.38. The summed E-state index contributed by atoms with van der Waals surface area (Å²) in [6, 6.07) is 7.41. The zero-order valence-electron chi connectivity index (χ0n) is 24.9. The summed E-state index contributed by atoms with van der Waals surface area (Å²) >= 11 is 0. The van der Waals surface area contributed by atoms with Crippen molar-refractivity contribution >= 4 is 5.91 Å². The highest BCUT2D eigenvalue weighted by molar-refractivity contribution is 5.76. The number of hydrogen-bond acceptors (Lipinski definition) is 4. The lowest BCUT2D eigenvalue weighted by Crippen LogP contribution is -2.49. The van der Waals surface area contributed by atoms with Crippen molar-refractivity contribution in [3.05, 3.63) is 106 Å². The highest BCUT2D eigenvalue weighted by atomic mass is 19.4. The molecular weight excluding hydrogens is 636 g/mol. The molecule has 0 unspecified atom stereocenters. The number of alkyl halides is 6. The summed E-state index contributed by atoms with van der Waals surface area (Å²) in [6.07, 6.45) is -6.64. The first-order valence-corrected chi connectivity index (χ1v) is 15.0. The summed E-state index contributed by atoms with van der Waals surface area (Å²) in [4.78, 5) is 12.7. The van der Waals surface area contributed by atoms with Crippen LogP contribution in [0.15, 0.2) is 66.7 Å². The van der Waals surface area contributed by atoms with Gasteiger partial charge >= 0.3 is 12.4 Å². The number of hydrogen-bond donors (Lipinski definition) is 3. The monoisotopic (exact) mass is 668 g/mol. The fourth-order valence-electron chi connectivity index (χ4n) is 5.98. The van der Waals surface area contributed by atoms with Gasteiger partial charge in [-0.3, -0.25) is 4.79 Å². The number of fused-ring (bicyclic) bond motifs is 5. The molecule has 47 heavy (non-hydrogen) atoms. The van der Waals surface area contributed by atoms with Gasteiger partial charge in [0.1, 0.15) is 11.6 Å². The number of ether oxygens (including phenoxy) is 1. The summed E-state index contributed by atoms with van der Waals surface area (Å²) in [7, 11) is 0. The van der Waals surface area contributed by atoms with Crippen LogP contribution in [0.4, 0.5) is 35.1 Å². The molecule has 13 heteroatoms. The Hall–Kier alpha value is -3.81. The van der Waals surface area contributed by atoms with E-state index in [1.807, 2.05) is 6.08 Å². The molecule has 0 saturated carbocycles. The number of halogens is 8. The Labute approximate surface area is 265 Å². The molecule has 3 N–H and O–H groups in total. The largest absolute Gasteiger partial charge is 0.416 e. The van der Waals surface area contributed by atoms with Crippen molar-refractivity contribution < 1.29 is 49.8 Å². The second-order valence-electron chi connectivity index (χ2n) is 11.7. The van der Waals surface area contributed by atoms with Crippen LogP contribution in [0.3, 0.4) is 0 Å². The summed E-state index contributed by atoms with van der Waals surface area (Å²) < 4.78 is 115. The third-order valence-electron chi connectivity index (χ3n) is 8.28. The molecule has 0 spiro atoms. The van der Waals surface area contributed by atoms with Crippen LogP contribution < -0.4 is 10.6 Å². The van der Waals surface area contributed by atoms with Crippen molar-refractivity contribution in [3.63, 3.8) is 0 Å². The number of aliphatic hydroxyl groups is 1. The summed E-state index contributed by atoms with van der Waals surface area (Å²) in [5.41, 5.74) is -1.56. The molecule has 0 radical (unpaired) electrons. The number of benzene rings is 3. The fraction of sp³-hybridized carbons (Fsp3) is 0.382. The minimum atomic E-state index is -5.01. The van der Waals surface area contributed by atoms with Crippen molar-refractivity contribution in [1.29, 1.82) is 0 Å². The van der Waals surface area contributed by atoms with Gasteiger partial charge in [-0.05, 0) is 89.9 Å². The maximum atomic E-state index is 13.9. The van der Waals surface area contributed by atoms with Gasteiger partial charge in [0.2, 0.25) is 5.91 Å². The maximum absolute atomic E-state index is 13.9. The van der Waals surface area contributed by atoms with Crippen molar-refractivity contribution in [3.8, 4) is 11.1 Å². The Morgan fingerprint density at radius 1 is 0.830 bits per heavy atom. The quantitative estimate of drug-likeness (QED) is 0.199. The topological polar surface area (TPSA) is 70.6 Å². The average molecular weight is 669 g/mol. The second kappa shape index (κ2) is 14.1. The van der Waals surface area contributed by atoms with E-state index in [1.165, 1.54) is 12.1 Å².